The number of fused-ring (bicyclic) bond motifs is 3. The van der Waals surface area contributed by atoms with E-state index in [1.54, 1.807) is 19.2 Å². The van der Waals surface area contributed by atoms with Gasteiger partial charge in [0.2, 0.25) is 0 Å². The molecule has 0 aliphatic carbocycles. The van der Waals surface area contributed by atoms with Crippen LogP contribution in [0.3, 0.4) is 0 Å². The molecule has 0 spiro atoms. The summed E-state index contributed by atoms with van der Waals surface area (Å²) in [6.07, 6.45) is 3.05. The molecule has 27 heavy (non-hydrogen) atoms. The van der Waals surface area contributed by atoms with E-state index in [-0.39, 0.29) is 12.4 Å². The van der Waals surface area contributed by atoms with Crippen molar-refractivity contribution in [3.63, 3.8) is 0 Å². The number of hydrogen-bond donors (Lipinski definition) is 0. The van der Waals surface area contributed by atoms with E-state index < -0.39 is 11.9 Å². The molecule has 0 N–H and O–H groups in total. The van der Waals surface area contributed by atoms with Crippen molar-refractivity contribution in [2.24, 2.45) is 10.9 Å². The number of carbonyl (C=O) groups excluding carboxylic acids is 2. The monoisotopic (exact) mass is 383 g/mol. The van der Waals surface area contributed by atoms with Crippen LogP contribution < -0.4 is 0 Å². The Bertz CT molecular complexity index is 951. The summed E-state index contributed by atoms with van der Waals surface area (Å²) in [5, 5.41) is 0.847. The van der Waals surface area contributed by atoms with E-state index in [4.69, 9.17) is 17.0 Å². The average molecular weight is 383 g/mol. The Balaban J connectivity index is 2.01. The molecule has 1 aliphatic rings. The van der Waals surface area contributed by atoms with Gasteiger partial charge in [-0.15, -0.1) is 0 Å². The van der Waals surface area contributed by atoms with Gasteiger partial charge in [0, 0.05) is 42.0 Å². The average Bonchev–Trinajstić information content (AvgIpc) is 2.68. The Hall–Kier alpha value is -2.67. The molecule has 0 saturated carbocycles. The minimum atomic E-state index is -0.996. The van der Waals surface area contributed by atoms with Crippen molar-refractivity contribution in [3.8, 4) is 0 Å². The molecule has 1 aliphatic heterocycles. The number of aliphatic imine (C=N–C) groups is 1. The zero-order valence-electron chi connectivity index (χ0n) is 15.6. The third kappa shape index (κ3) is 3.47. The molecule has 0 amide bonds. The second-order valence-electron chi connectivity index (χ2n) is 6.11. The van der Waals surface area contributed by atoms with Crippen molar-refractivity contribution in [2.45, 2.75) is 20.8 Å². The normalized spacial score (nSPS) is 15.5. The van der Waals surface area contributed by atoms with Crippen LogP contribution in [0, 0.1) is 5.92 Å². The maximum Gasteiger partial charge on any atom is 0.322 e. The van der Waals surface area contributed by atoms with Crippen molar-refractivity contribution < 1.29 is 14.3 Å². The number of hydrogen-bond acceptors (Lipinski definition) is 6. The number of carbonyl (C=O) groups is 2. The molecule has 3 rings (SSSR count). The number of thiocarbonyl (C=S) groups is 1. The Morgan fingerprint density at radius 3 is 2.67 bits per heavy atom. The van der Waals surface area contributed by atoms with Gasteiger partial charge in [-0.2, -0.15) is 0 Å². The van der Waals surface area contributed by atoms with Crippen LogP contribution in [-0.4, -0.2) is 52.5 Å². The first-order chi connectivity index (χ1) is 13.0. The van der Waals surface area contributed by atoms with Gasteiger partial charge in [-0.3, -0.25) is 19.6 Å². The van der Waals surface area contributed by atoms with E-state index in [1.807, 2.05) is 12.1 Å². The highest BCUT2D eigenvalue weighted by atomic mass is 32.1. The maximum absolute atomic E-state index is 12.7. The largest absolute Gasteiger partial charge is 0.465 e. The van der Waals surface area contributed by atoms with Gasteiger partial charge in [0.1, 0.15) is 4.99 Å². The van der Waals surface area contributed by atoms with Crippen LogP contribution in [0.1, 0.15) is 36.7 Å². The summed E-state index contributed by atoms with van der Waals surface area (Å²) in [6.45, 7) is 7.69. The van der Waals surface area contributed by atoms with E-state index in [2.05, 4.69) is 28.7 Å². The predicted octanol–water partition coefficient (Wildman–Crippen LogP) is 3.33. The fourth-order valence-electron chi connectivity index (χ4n) is 3.11. The lowest BCUT2D eigenvalue weighted by Crippen LogP contribution is -2.30. The van der Waals surface area contributed by atoms with Crippen LogP contribution in [0.5, 0.6) is 0 Å². The van der Waals surface area contributed by atoms with Crippen LogP contribution in [0.2, 0.25) is 0 Å². The molecular weight excluding hydrogens is 362 g/mol. The summed E-state index contributed by atoms with van der Waals surface area (Å²) in [4.78, 5) is 36.3. The van der Waals surface area contributed by atoms with Crippen molar-refractivity contribution in [1.82, 2.24) is 9.88 Å². The molecule has 1 aromatic heterocycles. The first-order valence-electron chi connectivity index (χ1n) is 8.98. The molecule has 2 aromatic rings. The number of ketones is 1. The number of rotatable bonds is 5. The fraction of sp³-hybridized carbons (Fsp3) is 0.350. The quantitative estimate of drug-likeness (QED) is 0.448. The zero-order chi connectivity index (χ0) is 19.6. The first-order valence-corrected chi connectivity index (χ1v) is 9.39. The Labute approximate surface area is 163 Å². The topological polar surface area (TPSA) is 71.9 Å². The Kier molecular flexibility index (Phi) is 5.60. The number of ether oxygens (including phenoxy) is 1. The summed E-state index contributed by atoms with van der Waals surface area (Å²) in [6, 6.07) is 5.46. The molecule has 2 heterocycles. The lowest BCUT2D eigenvalue weighted by atomic mass is 9.93. The highest BCUT2D eigenvalue weighted by Crippen LogP contribution is 2.33. The van der Waals surface area contributed by atoms with Gasteiger partial charge < -0.3 is 9.64 Å². The second kappa shape index (κ2) is 7.92. The second-order valence-corrected chi connectivity index (χ2v) is 6.49. The molecule has 7 heteroatoms. The van der Waals surface area contributed by atoms with E-state index in [1.165, 1.54) is 6.21 Å². The smallest absolute Gasteiger partial charge is 0.322 e. The van der Waals surface area contributed by atoms with Crippen LogP contribution in [-0.2, 0) is 9.53 Å². The van der Waals surface area contributed by atoms with Gasteiger partial charge in [-0.25, -0.2) is 0 Å². The van der Waals surface area contributed by atoms with Gasteiger partial charge in [0.15, 0.2) is 11.7 Å². The van der Waals surface area contributed by atoms with Crippen molar-refractivity contribution in [3.05, 3.63) is 35.5 Å². The van der Waals surface area contributed by atoms with Gasteiger partial charge >= 0.3 is 5.97 Å². The number of esters is 1. The number of pyridine rings is 1. The zero-order valence-corrected chi connectivity index (χ0v) is 16.4. The van der Waals surface area contributed by atoms with Crippen LogP contribution in [0.15, 0.2) is 29.4 Å². The van der Waals surface area contributed by atoms with Gasteiger partial charge in [0.05, 0.1) is 17.8 Å². The lowest BCUT2D eigenvalue weighted by Gasteiger charge is -2.22. The van der Waals surface area contributed by atoms with Crippen LogP contribution in [0.25, 0.3) is 10.9 Å². The third-order valence-electron chi connectivity index (χ3n) is 4.56. The van der Waals surface area contributed by atoms with E-state index >= 15 is 0 Å². The number of Topliss-reactive ketones (excluding diaryl/α,β-unsaturated/α-hetero) is 1. The standard InChI is InChI=1S/C20H21N3O3S/c1-4-23(5-2)19(27)13-9-12-7-8-14-17(16(12)21-10-13)22-11-15(18(14)24)20(25)26-6-3/h7-11,15H,4-6H2,1-3H3. The first kappa shape index (κ1) is 19.1. The molecule has 6 nitrogen and oxygen atoms in total. The summed E-state index contributed by atoms with van der Waals surface area (Å²) in [5.41, 5.74) is 2.34. The molecule has 140 valence electrons. The summed E-state index contributed by atoms with van der Waals surface area (Å²) in [7, 11) is 0. The molecule has 0 fully saturated rings. The number of benzene rings is 1. The number of nitrogens with zero attached hydrogens (tertiary/aromatic N) is 3. The Morgan fingerprint density at radius 1 is 1.26 bits per heavy atom. The van der Waals surface area contributed by atoms with Gasteiger partial charge in [-0.05, 0) is 32.9 Å². The van der Waals surface area contributed by atoms with Gasteiger partial charge in [0.25, 0.3) is 0 Å². The van der Waals surface area contributed by atoms with Crippen LogP contribution >= 0.6 is 12.2 Å². The van der Waals surface area contributed by atoms with Crippen molar-refractivity contribution in [2.75, 3.05) is 19.7 Å². The van der Waals surface area contributed by atoms with Gasteiger partial charge in [-0.1, -0.05) is 18.3 Å². The molecule has 1 unspecified atom stereocenters. The summed E-state index contributed by atoms with van der Waals surface area (Å²) < 4.78 is 4.95. The summed E-state index contributed by atoms with van der Waals surface area (Å²) in [5.74, 6) is -1.89. The highest BCUT2D eigenvalue weighted by Gasteiger charge is 2.32. The molecule has 1 atom stereocenters. The highest BCUT2D eigenvalue weighted by molar-refractivity contribution is 7.80. The van der Waals surface area contributed by atoms with E-state index in [0.29, 0.717) is 16.8 Å². The number of aromatic nitrogens is 1. The fourth-order valence-corrected chi connectivity index (χ4v) is 3.48. The molecule has 0 bridgehead atoms. The van der Waals surface area contributed by atoms with Crippen molar-refractivity contribution >= 4 is 51.8 Å². The lowest BCUT2D eigenvalue weighted by molar-refractivity contribution is -0.143. The Morgan fingerprint density at radius 2 is 2.00 bits per heavy atom. The van der Waals surface area contributed by atoms with E-state index in [9.17, 15) is 9.59 Å². The maximum atomic E-state index is 12.7. The van der Waals surface area contributed by atoms with E-state index in [0.717, 1.165) is 29.0 Å². The van der Waals surface area contributed by atoms with Crippen molar-refractivity contribution in [1.29, 1.82) is 0 Å². The third-order valence-corrected chi connectivity index (χ3v) is 5.06. The molecule has 1 aromatic carbocycles. The summed E-state index contributed by atoms with van der Waals surface area (Å²) >= 11 is 5.56. The molecule has 0 saturated heterocycles. The van der Waals surface area contributed by atoms with Crippen LogP contribution in [0.4, 0.5) is 5.69 Å². The molecular formula is C20H21N3O3S. The minimum Gasteiger partial charge on any atom is -0.465 e. The minimum absolute atomic E-state index is 0.220. The molecule has 0 radical (unpaired) electrons. The predicted molar refractivity (Wildman–Crippen MR) is 109 cm³/mol. The SMILES string of the molecule is CCOC(=O)C1C=Nc2c(ccc3cc(C(=S)N(CC)CC)cnc23)C1=O.